The maximum atomic E-state index is 13.4. The van der Waals surface area contributed by atoms with Crippen molar-refractivity contribution in [2.45, 2.75) is 85.4 Å². The van der Waals surface area contributed by atoms with Crippen LogP contribution >= 0.6 is 22.7 Å². The van der Waals surface area contributed by atoms with Gasteiger partial charge in [-0.25, -0.2) is 9.97 Å². The van der Waals surface area contributed by atoms with Crippen molar-refractivity contribution in [2.75, 3.05) is 30.3 Å². The van der Waals surface area contributed by atoms with E-state index >= 15 is 0 Å². The molecule has 0 aliphatic carbocycles. The van der Waals surface area contributed by atoms with Crippen LogP contribution < -0.4 is 10.6 Å². The molecule has 0 bridgehead atoms. The predicted octanol–water partition coefficient (Wildman–Crippen LogP) is 7.43. The first-order chi connectivity index (χ1) is 23.6. The summed E-state index contributed by atoms with van der Waals surface area (Å²) in [4.78, 5) is 54.2. The number of carboxylic acids is 1. The van der Waals surface area contributed by atoms with Crippen LogP contribution in [0.4, 0.5) is 11.4 Å². The Morgan fingerprint density at radius 2 is 1.24 bits per heavy atom. The molecule has 2 saturated heterocycles. The van der Waals surface area contributed by atoms with E-state index in [0.29, 0.717) is 34.4 Å². The number of thiazole rings is 2. The molecular formula is C37H44N6O4S2. The minimum Gasteiger partial charge on any atom is -0.480 e. The highest BCUT2D eigenvalue weighted by Crippen LogP contribution is 2.35. The fourth-order valence-corrected chi connectivity index (χ4v) is 8.77. The number of amides is 2. The number of aromatic nitrogens is 2. The number of aryl methyl sites for hydroxylation is 2. The number of carboxylic acid groups (broad SMARTS) is 1. The number of rotatable bonds is 10. The molecule has 1 atom stereocenters. The number of piperidine rings is 2. The number of hydrogen-bond acceptors (Lipinski definition) is 9. The Hall–Kier alpha value is -3.97. The highest BCUT2D eigenvalue weighted by Gasteiger charge is 2.30. The fourth-order valence-electron chi connectivity index (χ4n) is 6.79. The van der Waals surface area contributed by atoms with Crippen LogP contribution in [0.2, 0.25) is 0 Å². The van der Waals surface area contributed by atoms with Gasteiger partial charge in [0.15, 0.2) is 10.0 Å². The zero-order valence-corrected chi connectivity index (χ0v) is 30.2. The molecule has 2 aliphatic rings. The first kappa shape index (κ1) is 34.9. The molecule has 12 heteroatoms. The number of nitrogens with one attached hydrogen (secondary N) is 2. The third kappa shape index (κ3) is 7.93. The summed E-state index contributed by atoms with van der Waals surface area (Å²) in [5.41, 5.74) is 6.76. The largest absolute Gasteiger partial charge is 0.480 e. The summed E-state index contributed by atoms with van der Waals surface area (Å²) in [6.45, 7) is 12.0. The van der Waals surface area contributed by atoms with Gasteiger partial charge in [-0.1, -0.05) is 37.1 Å². The van der Waals surface area contributed by atoms with Crippen LogP contribution in [-0.2, 0) is 17.9 Å². The number of benzene rings is 2. The maximum Gasteiger partial charge on any atom is 0.320 e. The minimum absolute atomic E-state index is 0.215. The Kier molecular flexibility index (Phi) is 10.9. The Morgan fingerprint density at radius 3 is 1.78 bits per heavy atom. The Labute approximate surface area is 295 Å². The first-order valence-electron chi connectivity index (χ1n) is 17.0. The molecule has 0 saturated carbocycles. The van der Waals surface area contributed by atoms with Crippen molar-refractivity contribution in [3.8, 4) is 11.1 Å². The zero-order chi connectivity index (χ0) is 34.7. The van der Waals surface area contributed by atoms with Gasteiger partial charge in [-0.3, -0.25) is 24.2 Å². The van der Waals surface area contributed by atoms with Crippen LogP contribution in [0.25, 0.3) is 11.1 Å². The summed E-state index contributed by atoms with van der Waals surface area (Å²) < 4.78 is 0. The summed E-state index contributed by atoms with van der Waals surface area (Å²) in [5.74, 6) is -1.32. The molecular weight excluding hydrogens is 657 g/mol. The summed E-state index contributed by atoms with van der Waals surface area (Å²) in [5, 5.41) is 16.6. The lowest BCUT2D eigenvalue weighted by molar-refractivity contribution is -0.144. The van der Waals surface area contributed by atoms with Gasteiger partial charge in [0.05, 0.1) is 11.4 Å². The predicted molar refractivity (Wildman–Crippen MR) is 196 cm³/mol. The van der Waals surface area contributed by atoms with E-state index in [1.807, 2.05) is 69.0 Å². The highest BCUT2D eigenvalue weighted by atomic mass is 32.1. The number of aliphatic carboxylic acids is 1. The lowest BCUT2D eigenvalue weighted by atomic mass is 9.94. The normalized spacial score (nSPS) is 17.2. The molecule has 4 aromatic rings. The number of anilines is 2. The third-order valence-electron chi connectivity index (χ3n) is 9.69. The number of carbonyl (C=O) groups excluding carboxylic acids is 2. The number of hydrogen-bond donors (Lipinski definition) is 3. The molecule has 10 nitrogen and oxygen atoms in total. The first-order valence-corrected chi connectivity index (χ1v) is 18.7. The molecule has 2 amide bonds. The van der Waals surface area contributed by atoms with E-state index in [1.165, 1.54) is 41.9 Å². The monoisotopic (exact) mass is 700 g/mol. The van der Waals surface area contributed by atoms with E-state index < -0.39 is 12.0 Å². The maximum absolute atomic E-state index is 13.4. The topological polar surface area (TPSA) is 128 Å². The minimum atomic E-state index is -0.801. The van der Waals surface area contributed by atoms with Gasteiger partial charge < -0.3 is 15.7 Å². The van der Waals surface area contributed by atoms with Crippen molar-refractivity contribution in [1.82, 2.24) is 19.8 Å². The molecule has 49 heavy (non-hydrogen) atoms. The molecule has 258 valence electrons. The Bertz CT molecular complexity index is 1860. The van der Waals surface area contributed by atoms with Crippen molar-refractivity contribution in [1.29, 1.82) is 0 Å². The van der Waals surface area contributed by atoms with E-state index in [0.717, 1.165) is 82.4 Å². The SMILES string of the molecule is Cc1nc(C(=O)Nc2cccc(-c3cccc(NC(=O)c4nc(C)c(CN5CCCC[C@H]5C(=O)O)s4)c3C)c2C)sc1CN1CCCCC1. The van der Waals surface area contributed by atoms with Crippen LogP contribution in [0, 0.1) is 27.7 Å². The quantitative estimate of drug-likeness (QED) is 0.156. The molecule has 0 radical (unpaired) electrons. The summed E-state index contributed by atoms with van der Waals surface area (Å²) >= 11 is 2.79. The third-order valence-corrected chi connectivity index (χ3v) is 12.0. The molecule has 2 aromatic heterocycles. The van der Waals surface area contributed by atoms with Crippen LogP contribution in [-0.4, -0.2) is 68.3 Å². The molecule has 6 rings (SSSR count). The van der Waals surface area contributed by atoms with Crippen LogP contribution in [0.3, 0.4) is 0 Å². The number of likely N-dealkylation sites (tertiary alicyclic amines) is 2. The van der Waals surface area contributed by atoms with Crippen molar-refractivity contribution in [3.05, 3.63) is 78.7 Å². The zero-order valence-electron chi connectivity index (χ0n) is 28.6. The Morgan fingerprint density at radius 1 is 0.735 bits per heavy atom. The second-order valence-electron chi connectivity index (χ2n) is 13.1. The van der Waals surface area contributed by atoms with Gasteiger partial charge in [-0.2, -0.15) is 0 Å². The van der Waals surface area contributed by atoms with Gasteiger partial charge in [0.2, 0.25) is 0 Å². The fraction of sp³-hybridized carbons (Fsp3) is 0.432. The Balaban J connectivity index is 1.15. The molecule has 2 fully saturated rings. The smallest absolute Gasteiger partial charge is 0.320 e. The van der Waals surface area contributed by atoms with Crippen LogP contribution in [0.1, 0.15) is 90.4 Å². The summed E-state index contributed by atoms with van der Waals surface area (Å²) in [6.07, 6.45) is 6.23. The van der Waals surface area contributed by atoms with Crippen molar-refractivity contribution in [3.63, 3.8) is 0 Å². The number of carbonyl (C=O) groups is 3. The van der Waals surface area contributed by atoms with E-state index in [1.54, 1.807) is 0 Å². The molecule has 0 spiro atoms. The van der Waals surface area contributed by atoms with Gasteiger partial charge in [-0.05, 0) is 107 Å². The van der Waals surface area contributed by atoms with Crippen LogP contribution in [0.5, 0.6) is 0 Å². The average molecular weight is 701 g/mol. The average Bonchev–Trinajstić information content (AvgIpc) is 3.65. The molecule has 0 unspecified atom stereocenters. The lowest BCUT2D eigenvalue weighted by Crippen LogP contribution is -2.43. The lowest BCUT2D eigenvalue weighted by Gasteiger charge is -2.32. The second-order valence-corrected chi connectivity index (χ2v) is 15.2. The van der Waals surface area contributed by atoms with E-state index in [2.05, 4.69) is 25.5 Å². The van der Waals surface area contributed by atoms with Crippen molar-refractivity contribution < 1.29 is 19.5 Å². The van der Waals surface area contributed by atoms with Crippen molar-refractivity contribution in [2.24, 2.45) is 0 Å². The summed E-state index contributed by atoms with van der Waals surface area (Å²) in [7, 11) is 0. The van der Waals surface area contributed by atoms with Gasteiger partial charge in [0.25, 0.3) is 11.8 Å². The van der Waals surface area contributed by atoms with E-state index in [-0.39, 0.29) is 11.8 Å². The molecule has 3 N–H and O–H groups in total. The molecule has 4 heterocycles. The van der Waals surface area contributed by atoms with Gasteiger partial charge in [-0.15, -0.1) is 22.7 Å². The van der Waals surface area contributed by atoms with Crippen molar-refractivity contribution >= 4 is 51.8 Å². The van der Waals surface area contributed by atoms with Gasteiger partial charge in [0.1, 0.15) is 6.04 Å². The summed E-state index contributed by atoms with van der Waals surface area (Å²) in [6, 6.07) is 11.1. The molecule has 2 aliphatic heterocycles. The second kappa shape index (κ2) is 15.3. The van der Waals surface area contributed by atoms with Crippen LogP contribution in [0.15, 0.2) is 36.4 Å². The van der Waals surface area contributed by atoms with Gasteiger partial charge >= 0.3 is 5.97 Å². The molecule has 2 aromatic carbocycles. The number of nitrogens with zero attached hydrogens (tertiary/aromatic N) is 4. The van der Waals surface area contributed by atoms with Gasteiger partial charge in [0, 0.05) is 34.2 Å². The standard InChI is InChI=1S/C37H44N6O4S2/c1-22-26(12-10-14-28(22)40-33(44)35-38-24(3)31(48-35)20-42-17-7-5-8-18-42)27-13-11-15-29(23(27)2)41-34(45)36-39-25(4)32(49-36)21-43-19-9-6-16-30(43)37(46)47/h10-15,30H,5-9,16-21H2,1-4H3,(H,40,44)(H,41,45)(H,46,47)/t30-/m0/s1. The van der Waals surface area contributed by atoms with E-state index in [9.17, 15) is 19.5 Å². The highest BCUT2D eigenvalue weighted by molar-refractivity contribution is 7.14. The van der Waals surface area contributed by atoms with E-state index in [4.69, 9.17) is 0 Å².